The number of hydrogen-bond donors (Lipinski definition) is 2. The molecule has 0 bridgehead atoms. The van der Waals surface area contributed by atoms with Gasteiger partial charge in [-0.3, -0.25) is 9.79 Å². The lowest BCUT2D eigenvalue weighted by Crippen LogP contribution is -2.36. The van der Waals surface area contributed by atoms with Crippen LogP contribution in [0.3, 0.4) is 0 Å². The van der Waals surface area contributed by atoms with Crippen molar-refractivity contribution >= 4 is 11.9 Å². The van der Waals surface area contributed by atoms with Crippen molar-refractivity contribution in [2.24, 2.45) is 4.99 Å². The summed E-state index contributed by atoms with van der Waals surface area (Å²) >= 11 is 0. The molecule has 0 saturated carbocycles. The van der Waals surface area contributed by atoms with Gasteiger partial charge in [0.15, 0.2) is 5.96 Å². The molecule has 0 unspecified atom stereocenters. The molecule has 3 rings (SSSR count). The largest absolute Gasteiger partial charge is 0.497 e. The van der Waals surface area contributed by atoms with Crippen molar-refractivity contribution in [2.75, 3.05) is 27.8 Å². The first-order chi connectivity index (χ1) is 14.6. The fourth-order valence-electron chi connectivity index (χ4n) is 3.51. The molecule has 1 fully saturated rings. The summed E-state index contributed by atoms with van der Waals surface area (Å²) in [5.74, 6) is 2.47. The van der Waals surface area contributed by atoms with E-state index in [0.717, 1.165) is 41.2 Å². The lowest BCUT2D eigenvalue weighted by molar-refractivity contribution is -0.128. The molecule has 2 N–H and O–H groups in total. The summed E-state index contributed by atoms with van der Waals surface area (Å²) in [6, 6.07) is 14.1. The summed E-state index contributed by atoms with van der Waals surface area (Å²) in [7, 11) is 5.03. The molecule has 7 nitrogen and oxygen atoms in total. The number of nitrogens with zero attached hydrogens (tertiary/aromatic N) is 2. The second-order valence-electron chi connectivity index (χ2n) is 7.20. The van der Waals surface area contributed by atoms with Crippen LogP contribution in [0, 0.1) is 0 Å². The van der Waals surface area contributed by atoms with Crippen molar-refractivity contribution in [3.8, 4) is 11.5 Å². The molecule has 2 aromatic rings. The first-order valence-corrected chi connectivity index (χ1v) is 10.1. The summed E-state index contributed by atoms with van der Waals surface area (Å²) in [4.78, 5) is 18.1. The van der Waals surface area contributed by atoms with E-state index < -0.39 is 0 Å². The van der Waals surface area contributed by atoms with Gasteiger partial charge in [0.1, 0.15) is 11.5 Å². The van der Waals surface area contributed by atoms with Gasteiger partial charge in [-0.15, -0.1) is 0 Å². The van der Waals surface area contributed by atoms with Gasteiger partial charge in [0.25, 0.3) is 0 Å². The standard InChI is InChI=1S/C23H30N4O3/c1-24-23(26-15-19-9-10-20(29-2)13-21(19)30-3)25-14-17-6-4-7-18(12-17)16-27-11-5-8-22(27)28/h4,6-7,9-10,12-13H,5,8,11,14-16H2,1-3H3,(H2,24,25,26). The zero-order valence-electron chi connectivity index (χ0n) is 17.9. The molecule has 160 valence electrons. The van der Waals surface area contributed by atoms with E-state index in [1.165, 1.54) is 0 Å². The normalized spacial score (nSPS) is 14.0. The summed E-state index contributed by atoms with van der Waals surface area (Å²) in [6.45, 7) is 2.74. The second-order valence-corrected chi connectivity index (χ2v) is 7.20. The Morgan fingerprint density at radius 2 is 1.87 bits per heavy atom. The van der Waals surface area contributed by atoms with Crippen molar-refractivity contribution < 1.29 is 14.3 Å². The maximum absolute atomic E-state index is 11.9. The molecule has 30 heavy (non-hydrogen) atoms. The summed E-state index contributed by atoms with van der Waals surface area (Å²) in [5, 5.41) is 6.65. The van der Waals surface area contributed by atoms with Crippen molar-refractivity contribution in [2.45, 2.75) is 32.5 Å². The van der Waals surface area contributed by atoms with Crippen molar-refractivity contribution in [3.63, 3.8) is 0 Å². The van der Waals surface area contributed by atoms with E-state index in [1.54, 1.807) is 21.3 Å². The van der Waals surface area contributed by atoms with Crippen molar-refractivity contribution in [1.29, 1.82) is 0 Å². The Morgan fingerprint density at radius 3 is 2.57 bits per heavy atom. The first kappa shape index (κ1) is 21.5. The molecule has 0 spiro atoms. The highest BCUT2D eigenvalue weighted by Gasteiger charge is 2.19. The lowest BCUT2D eigenvalue weighted by atomic mass is 10.1. The molecule has 0 radical (unpaired) electrons. The van der Waals surface area contributed by atoms with E-state index >= 15 is 0 Å². The third kappa shape index (κ3) is 5.65. The van der Waals surface area contributed by atoms with Gasteiger partial charge in [-0.1, -0.05) is 24.3 Å². The molecule has 1 aliphatic heterocycles. The van der Waals surface area contributed by atoms with Crippen molar-refractivity contribution in [1.82, 2.24) is 15.5 Å². The second kappa shape index (κ2) is 10.5. The zero-order chi connectivity index (χ0) is 21.3. The smallest absolute Gasteiger partial charge is 0.222 e. The predicted octanol–water partition coefficient (Wildman–Crippen LogP) is 2.69. The van der Waals surface area contributed by atoms with E-state index in [4.69, 9.17) is 9.47 Å². The minimum absolute atomic E-state index is 0.247. The van der Waals surface area contributed by atoms with E-state index in [9.17, 15) is 4.79 Å². The van der Waals surface area contributed by atoms with Crippen LogP contribution in [0.2, 0.25) is 0 Å². The molecule has 1 amide bonds. The quantitative estimate of drug-likeness (QED) is 0.517. The van der Waals surface area contributed by atoms with Gasteiger partial charge in [-0.25, -0.2) is 0 Å². The number of ether oxygens (including phenoxy) is 2. The number of carbonyl (C=O) groups is 1. The Hall–Kier alpha value is -3.22. The SMILES string of the molecule is CN=C(NCc1cccc(CN2CCCC2=O)c1)NCc1ccc(OC)cc1OC. The Labute approximate surface area is 178 Å². The van der Waals surface area contributed by atoms with Gasteiger partial charge in [0.2, 0.25) is 5.91 Å². The van der Waals surface area contributed by atoms with Gasteiger partial charge < -0.3 is 25.0 Å². The minimum atomic E-state index is 0.247. The Morgan fingerprint density at radius 1 is 1.07 bits per heavy atom. The van der Waals surface area contributed by atoms with E-state index in [2.05, 4.69) is 33.8 Å². The van der Waals surface area contributed by atoms with Gasteiger partial charge in [-0.2, -0.15) is 0 Å². The fraction of sp³-hybridized carbons (Fsp3) is 0.391. The molecule has 1 saturated heterocycles. The molecular formula is C23H30N4O3. The highest BCUT2D eigenvalue weighted by Crippen LogP contribution is 2.24. The molecule has 7 heteroatoms. The highest BCUT2D eigenvalue weighted by atomic mass is 16.5. The molecule has 0 aromatic heterocycles. The lowest BCUT2D eigenvalue weighted by Gasteiger charge is -2.17. The Balaban J connectivity index is 1.54. The number of carbonyl (C=O) groups excluding carboxylic acids is 1. The number of amides is 1. The van der Waals surface area contributed by atoms with Crippen LogP contribution in [0.5, 0.6) is 11.5 Å². The summed E-state index contributed by atoms with van der Waals surface area (Å²) in [6.07, 6.45) is 1.63. The molecule has 2 aromatic carbocycles. The predicted molar refractivity (Wildman–Crippen MR) is 118 cm³/mol. The monoisotopic (exact) mass is 410 g/mol. The van der Waals surface area contributed by atoms with Gasteiger partial charge in [0.05, 0.1) is 14.2 Å². The molecule has 1 heterocycles. The number of nitrogens with one attached hydrogen (secondary N) is 2. The third-order valence-electron chi connectivity index (χ3n) is 5.16. The Bertz CT molecular complexity index is 898. The van der Waals surface area contributed by atoms with Crippen molar-refractivity contribution in [3.05, 3.63) is 59.2 Å². The molecule has 0 atom stereocenters. The number of rotatable bonds is 8. The fourth-order valence-corrected chi connectivity index (χ4v) is 3.51. The van der Waals surface area contributed by atoms with Crippen LogP contribution in [-0.4, -0.2) is 44.6 Å². The van der Waals surface area contributed by atoms with Crippen LogP contribution in [-0.2, 0) is 24.4 Å². The number of methoxy groups -OCH3 is 2. The number of likely N-dealkylation sites (tertiary alicyclic amines) is 1. The minimum Gasteiger partial charge on any atom is -0.497 e. The number of hydrogen-bond acceptors (Lipinski definition) is 4. The summed E-state index contributed by atoms with van der Waals surface area (Å²) < 4.78 is 10.7. The van der Waals surface area contributed by atoms with Crippen LogP contribution in [0.4, 0.5) is 0 Å². The summed E-state index contributed by atoms with van der Waals surface area (Å²) in [5.41, 5.74) is 3.30. The van der Waals surface area contributed by atoms with Crippen LogP contribution < -0.4 is 20.1 Å². The number of aliphatic imine (C=N–C) groups is 1. The van der Waals surface area contributed by atoms with Crippen LogP contribution in [0.15, 0.2) is 47.5 Å². The van der Waals surface area contributed by atoms with Crippen LogP contribution >= 0.6 is 0 Å². The number of guanidine groups is 1. The van der Waals surface area contributed by atoms with E-state index in [-0.39, 0.29) is 5.91 Å². The third-order valence-corrected chi connectivity index (χ3v) is 5.16. The van der Waals surface area contributed by atoms with E-state index in [1.807, 2.05) is 29.2 Å². The maximum Gasteiger partial charge on any atom is 0.222 e. The van der Waals surface area contributed by atoms with Gasteiger partial charge >= 0.3 is 0 Å². The average Bonchev–Trinajstić information content (AvgIpc) is 3.18. The maximum atomic E-state index is 11.9. The molecule has 0 aliphatic carbocycles. The van der Waals surface area contributed by atoms with Crippen LogP contribution in [0.1, 0.15) is 29.5 Å². The van der Waals surface area contributed by atoms with Crippen LogP contribution in [0.25, 0.3) is 0 Å². The topological polar surface area (TPSA) is 75.2 Å². The molecule has 1 aliphatic rings. The van der Waals surface area contributed by atoms with E-state index in [0.29, 0.717) is 32.0 Å². The number of benzene rings is 2. The molecular weight excluding hydrogens is 380 g/mol. The van der Waals surface area contributed by atoms with Gasteiger partial charge in [-0.05, 0) is 29.7 Å². The van der Waals surface area contributed by atoms with Gasteiger partial charge in [0, 0.05) is 51.3 Å². The average molecular weight is 411 g/mol. The first-order valence-electron chi connectivity index (χ1n) is 10.1. The zero-order valence-corrected chi connectivity index (χ0v) is 17.9. The highest BCUT2D eigenvalue weighted by molar-refractivity contribution is 5.79. The Kier molecular flexibility index (Phi) is 7.54.